The van der Waals surface area contributed by atoms with Gasteiger partial charge >= 0.3 is 0 Å². The standard InChI is InChI=1S/C16H26N4O2/c1-19(2)8-7-12-11-20(9-10-22-12)16(21)15-13-5-3-4-6-14(13)17-18-15/h12H,3-11H2,1-2H3,(H,17,18). The number of amides is 1. The summed E-state index contributed by atoms with van der Waals surface area (Å²) in [4.78, 5) is 16.9. The number of aromatic nitrogens is 2. The third kappa shape index (κ3) is 3.33. The minimum absolute atomic E-state index is 0.0672. The summed E-state index contributed by atoms with van der Waals surface area (Å²) in [5.74, 6) is 0.0672. The van der Waals surface area contributed by atoms with Gasteiger partial charge in [-0.05, 0) is 46.2 Å². The van der Waals surface area contributed by atoms with Crippen molar-refractivity contribution >= 4 is 5.91 Å². The molecular weight excluding hydrogens is 280 g/mol. The topological polar surface area (TPSA) is 61.5 Å². The number of hydrogen-bond donors (Lipinski definition) is 1. The van der Waals surface area contributed by atoms with Crippen LogP contribution in [0.2, 0.25) is 0 Å². The highest BCUT2D eigenvalue weighted by Gasteiger charge is 2.29. The second-order valence-electron chi connectivity index (χ2n) is 6.57. The third-order valence-electron chi connectivity index (χ3n) is 4.58. The van der Waals surface area contributed by atoms with Crippen LogP contribution in [-0.2, 0) is 17.6 Å². The molecule has 3 rings (SSSR count). The maximum atomic E-state index is 12.8. The lowest BCUT2D eigenvalue weighted by Crippen LogP contribution is -2.46. The number of carbonyl (C=O) groups is 1. The Bertz CT molecular complexity index is 526. The predicted molar refractivity (Wildman–Crippen MR) is 84.0 cm³/mol. The first kappa shape index (κ1) is 15.5. The highest BCUT2D eigenvalue weighted by atomic mass is 16.5. The molecule has 0 saturated carbocycles. The van der Waals surface area contributed by atoms with Crippen LogP contribution in [0.25, 0.3) is 0 Å². The van der Waals surface area contributed by atoms with Crippen LogP contribution in [0.1, 0.15) is 41.0 Å². The van der Waals surface area contributed by atoms with Gasteiger partial charge in [0.1, 0.15) is 0 Å². The van der Waals surface area contributed by atoms with Crippen molar-refractivity contribution in [3.8, 4) is 0 Å². The lowest BCUT2D eigenvalue weighted by molar-refractivity contribution is -0.0271. The molecule has 1 atom stereocenters. The van der Waals surface area contributed by atoms with E-state index in [0.29, 0.717) is 25.4 Å². The molecule has 1 aliphatic heterocycles. The minimum atomic E-state index is 0.0672. The zero-order valence-electron chi connectivity index (χ0n) is 13.6. The summed E-state index contributed by atoms with van der Waals surface area (Å²) < 4.78 is 5.79. The lowest BCUT2D eigenvalue weighted by Gasteiger charge is -2.33. The number of hydrogen-bond acceptors (Lipinski definition) is 4. The molecule has 6 nitrogen and oxygen atoms in total. The van der Waals surface area contributed by atoms with Crippen LogP contribution in [0.3, 0.4) is 0 Å². The Kier molecular flexibility index (Phi) is 4.78. The van der Waals surface area contributed by atoms with Gasteiger partial charge in [0.05, 0.1) is 12.7 Å². The molecule has 6 heteroatoms. The van der Waals surface area contributed by atoms with Crippen LogP contribution in [-0.4, -0.2) is 72.3 Å². The van der Waals surface area contributed by atoms with Crippen LogP contribution >= 0.6 is 0 Å². The van der Waals surface area contributed by atoms with E-state index in [0.717, 1.165) is 43.5 Å². The number of morpholine rings is 1. The predicted octanol–water partition coefficient (Wildman–Crippen LogP) is 1.08. The maximum absolute atomic E-state index is 12.8. The number of fused-ring (bicyclic) bond motifs is 1. The van der Waals surface area contributed by atoms with Crippen molar-refractivity contribution in [1.29, 1.82) is 0 Å². The molecule has 0 aromatic carbocycles. The molecule has 22 heavy (non-hydrogen) atoms. The van der Waals surface area contributed by atoms with Crippen molar-refractivity contribution in [2.45, 2.75) is 38.2 Å². The average molecular weight is 306 g/mol. The van der Waals surface area contributed by atoms with Gasteiger partial charge in [-0.25, -0.2) is 0 Å². The van der Waals surface area contributed by atoms with E-state index in [1.165, 1.54) is 6.42 Å². The molecule has 122 valence electrons. The van der Waals surface area contributed by atoms with Gasteiger partial charge in [0.15, 0.2) is 5.69 Å². The summed E-state index contributed by atoms with van der Waals surface area (Å²) in [5, 5.41) is 7.37. The summed E-state index contributed by atoms with van der Waals surface area (Å²) >= 11 is 0. The second-order valence-corrected chi connectivity index (χ2v) is 6.57. The molecule has 2 aliphatic rings. The van der Waals surface area contributed by atoms with Crippen LogP contribution in [0.15, 0.2) is 0 Å². The zero-order chi connectivity index (χ0) is 15.5. The average Bonchev–Trinajstić information content (AvgIpc) is 2.96. The van der Waals surface area contributed by atoms with Crippen LogP contribution in [0.4, 0.5) is 0 Å². The third-order valence-corrected chi connectivity index (χ3v) is 4.58. The van der Waals surface area contributed by atoms with Gasteiger partial charge in [-0.2, -0.15) is 5.10 Å². The molecule has 0 spiro atoms. The van der Waals surface area contributed by atoms with Crippen molar-refractivity contribution < 1.29 is 9.53 Å². The highest BCUT2D eigenvalue weighted by Crippen LogP contribution is 2.23. The molecule has 1 aliphatic carbocycles. The molecule has 0 bridgehead atoms. The molecule has 1 aromatic heterocycles. The van der Waals surface area contributed by atoms with Crippen LogP contribution in [0, 0.1) is 0 Å². The van der Waals surface area contributed by atoms with E-state index in [-0.39, 0.29) is 12.0 Å². The number of aryl methyl sites for hydroxylation is 1. The van der Waals surface area contributed by atoms with Gasteiger partial charge in [-0.15, -0.1) is 0 Å². The number of rotatable bonds is 4. The van der Waals surface area contributed by atoms with E-state index < -0.39 is 0 Å². The maximum Gasteiger partial charge on any atom is 0.274 e. The first-order valence-electron chi connectivity index (χ1n) is 8.27. The molecule has 2 heterocycles. The Morgan fingerprint density at radius 3 is 3.05 bits per heavy atom. The number of H-pyrrole nitrogens is 1. The molecule has 0 radical (unpaired) electrons. The Labute approximate surface area is 131 Å². The fraction of sp³-hybridized carbons (Fsp3) is 0.750. The molecule has 1 saturated heterocycles. The molecule has 1 unspecified atom stereocenters. The lowest BCUT2D eigenvalue weighted by atomic mass is 9.95. The van der Waals surface area contributed by atoms with E-state index in [1.807, 2.05) is 4.90 Å². The molecule has 1 N–H and O–H groups in total. The van der Waals surface area contributed by atoms with E-state index in [9.17, 15) is 4.79 Å². The van der Waals surface area contributed by atoms with E-state index >= 15 is 0 Å². The van der Waals surface area contributed by atoms with Crippen molar-refractivity contribution in [3.05, 3.63) is 17.0 Å². The Hall–Kier alpha value is -1.40. The molecular formula is C16H26N4O2. The number of nitrogens with zero attached hydrogens (tertiary/aromatic N) is 3. The minimum Gasteiger partial charge on any atom is -0.374 e. The normalized spacial score (nSPS) is 22.0. The van der Waals surface area contributed by atoms with Crippen molar-refractivity contribution in [2.24, 2.45) is 0 Å². The molecule has 1 aromatic rings. The summed E-state index contributed by atoms with van der Waals surface area (Å²) in [6, 6.07) is 0. The van der Waals surface area contributed by atoms with Gasteiger partial charge in [-0.1, -0.05) is 0 Å². The summed E-state index contributed by atoms with van der Waals surface area (Å²) in [7, 11) is 4.11. The van der Waals surface area contributed by atoms with Gasteiger partial charge < -0.3 is 14.5 Å². The van der Waals surface area contributed by atoms with E-state index in [1.54, 1.807) is 0 Å². The Balaban J connectivity index is 1.65. The van der Waals surface area contributed by atoms with Crippen molar-refractivity contribution in [2.75, 3.05) is 40.3 Å². The van der Waals surface area contributed by atoms with Crippen molar-refractivity contribution in [3.63, 3.8) is 0 Å². The number of carbonyl (C=O) groups excluding carboxylic acids is 1. The Morgan fingerprint density at radius 1 is 1.41 bits per heavy atom. The van der Waals surface area contributed by atoms with Gasteiger partial charge in [-0.3, -0.25) is 9.89 Å². The van der Waals surface area contributed by atoms with E-state index in [2.05, 4.69) is 29.2 Å². The fourth-order valence-corrected chi connectivity index (χ4v) is 3.29. The summed E-state index contributed by atoms with van der Waals surface area (Å²) in [6.07, 6.45) is 5.42. The van der Waals surface area contributed by atoms with E-state index in [4.69, 9.17) is 4.74 Å². The largest absolute Gasteiger partial charge is 0.374 e. The molecule has 1 fully saturated rings. The number of ether oxygens (including phenoxy) is 1. The fourth-order valence-electron chi connectivity index (χ4n) is 3.29. The zero-order valence-corrected chi connectivity index (χ0v) is 13.6. The van der Waals surface area contributed by atoms with Gasteiger partial charge in [0, 0.05) is 30.9 Å². The van der Waals surface area contributed by atoms with Crippen LogP contribution in [0.5, 0.6) is 0 Å². The summed E-state index contributed by atoms with van der Waals surface area (Å²) in [6.45, 7) is 2.94. The van der Waals surface area contributed by atoms with Gasteiger partial charge in [0.25, 0.3) is 5.91 Å². The first-order chi connectivity index (χ1) is 10.6. The monoisotopic (exact) mass is 306 g/mol. The van der Waals surface area contributed by atoms with Crippen molar-refractivity contribution in [1.82, 2.24) is 20.0 Å². The smallest absolute Gasteiger partial charge is 0.274 e. The van der Waals surface area contributed by atoms with Gasteiger partial charge in [0.2, 0.25) is 0 Å². The second kappa shape index (κ2) is 6.79. The number of nitrogens with one attached hydrogen (secondary N) is 1. The summed E-state index contributed by atoms with van der Waals surface area (Å²) in [5.41, 5.74) is 2.95. The number of aromatic amines is 1. The van der Waals surface area contributed by atoms with Crippen LogP contribution < -0.4 is 0 Å². The quantitative estimate of drug-likeness (QED) is 0.904. The first-order valence-corrected chi connectivity index (χ1v) is 8.27. The highest BCUT2D eigenvalue weighted by molar-refractivity contribution is 5.94. The Morgan fingerprint density at radius 2 is 2.23 bits per heavy atom. The SMILES string of the molecule is CN(C)CCC1CN(C(=O)c2n[nH]c3c2CCCC3)CCO1. The molecule has 1 amide bonds.